The number of amidine groups is 1. The van der Waals surface area contributed by atoms with Crippen LogP contribution in [0.2, 0.25) is 5.02 Å². The van der Waals surface area contributed by atoms with Crippen LogP contribution in [-0.4, -0.2) is 30.4 Å². The molecule has 0 aromatic heterocycles. The van der Waals surface area contributed by atoms with Gasteiger partial charge in [0.2, 0.25) is 0 Å². The molecule has 0 bridgehead atoms. The molecule has 0 saturated heterocycles. The minimum atomic E-state index is 0.736. The number of rotatable bonds is 1. The number of hydrogen-bond acceptors (Lipinski definition) is 2. The second kappa shape index (κ2) is 5.27. The van der Waals surface area contributed by atoms with E-state index in [1.165, 1.54) is 0 Å². The molecule has 1 rings (SSSR count). The SMILES string of the molecule is CSC(=Nc1ccc(Cl)cc1)N(C)C. The summed E-state index contributed by atoms with van der Waals surface area (Å²) in [5, 5.41) is 1.71. The topological polar surface area (TPSA) is 15.6 Å². The monoisotopic (exact) mass is 228 g/mol. The predicted octanol–water partition coefficient (Wildman–Crippen LogP) is 3.25. The van der Waals surface area contributed by atoms with Crippen LogP contribution < -0.4 is 0 Å². The maximum Gasteiger partial charge on any atom is 0.163 e. The molecule has 0 radical (unpaired) electrons. The summed E-state index contributed by atoms with van der Waals surface area (Å²) in [5.41, 5.74) is 0.924. The first-order chi connectivity index (χ1) is 6.63. The zero-order valence-electron chi connectivity index (χ0n) is 8.49. The molecule has 0 heterocycles. The highest BCUT2D eigenvalue weighted by Crippen LogP contribution is 2.18. The minimum Gasteiger partial charge on any atom is -0.357 e. The molecule has 0 aliphatic heterocycles. The van der Waals surface area contributed by atoms with Crippen LogP contribution in [-0.2, 0) is 0 Å². The molecule has 0 aliphatic carbocycles. The van der Waals surface area contributed by atoms with E-state index in [1.54, 1.807) is 11.8 Å². The molecule has 1 aromatic rings. The summed E-state index contributed by atoms with van der Waals surface area (Å²) in [7, 11) is 3.95. The van der Waals surface area contributed by atoms with E-state index in [4.69, 9.17) is 11.6 Å². The summed E-state index contributed by atoms with van der Waals surface area (Å²) in [4.78, 5) is 6.45. The van der Waals surface area contributed by atoms with Crippen LogP contribution in [0.25, 0.3) is 0 Å². The second-order valence-electron chi connectivity index (χ2n) is 2.97. The van der Waals surface area contributed by atoms with Crippen LogP contribution in [0.5, 0.6) is 0 Å². The Morgan fingerprint density at radius 3 is 2.29 bits per heavy atom. The van der Waals surface area contributed by atoms with Gasteiger partial charge in [-0.1, -0.05) is 23.4 Å². The van der Waals surface area contributed by atoms with Gasteiger partial charge in [0.1, 0.15) is 0 Å². The first-order valence-electron chi connectivity index (χ1n) is 4.19. The smallest absolute Gasteiger partial charge is 0.163 e. The average molecular weight is 229 g/mol. The molecular formula is C10H13ClN2S. The van der Waals surface area contributed by atoms with E-state index in [9.17, 15) is 0 Å². The summed E-state index contributed by atoms with van der Waals surface area (Å²) in [6, 6.07) is 7.49. The highest BCUT2D eigenvalue weighted by Gasteiger charge is 1.99. The van der Waals surface area contributed by atoms with E-state index < -0.39 is 0 Å². The van der Waals surface area contributed by atoms with Gasteiger partial charge in [-0.15, -0.1) is 0 Å². The fourth-order valence-corrected chi connectivity index (χ4v) is 1.64. The fraction of sp³-hybridized carbons (Fsp3) is 0.300. The molecule has 2 nitrogen and oxygen atoms in total. The third-order valence-corrected chi connectivity index (χ3v) is 2.69. The fourth-order valence-electron chi connectivity index (χ4n) is 0.954. The maximum atomic E-state index is 5.78. The molecule has 14 heavy (non-hydrogen) atoms. The van der Waals surface area contributed by atoms with Gasteiger partial charge in [-0.3, -0.25) is 0 Å². The number of nitrogens with zero attached hydrogens (tertiary/aromatic N) is 2. The molecule has 0 atom stereocenters. The van der Waals surface area contributed by atoms with Crippen LogP contribution in [0, 0.1) is 0 Å². The van der Waals surface area contributed by atoms with E-state index in [-0.39, 0.29) is 0 Å². The lowest BCUT2D eigenvalue weighted by Gasteiger charge is -2.12. The van der Waals surface area contributed by atoms with Crippen molar-refractivity contribution in [3.63, 3.8) is 0 Å². The molecule has 0 saturated carbocycles. The summed E-state index contributed by atoms with van der Waals surface area (Å²) < 4.78 is 0. The second-order valence-corrected chi connectivity index (χ2v) is 4.18. The first kappa shape index (κ1) is 11.4. The van der Waals surface area contributed by atoms with Gasteiger partial charge in [0.05, 0.1) is 5.69 Å². The van der Waals surface area contributed by atoms with Crippen LogP contribution >= 0.6 is 23.4 Å². The van der Waals surface area contributed by atoms with Gasteiger partial charge in [-0.2, -0.15) is 0 Å². The molecule has 0 aliphatic rings. The molecule has 0 N–H and O–H groups in total. The van der Waals surface area contributed by atoms with Gasteiger partial charge < -0.3 is 4.90 Å². The van der Waals surface area contributed by atoms with Crippen molar-refractivity contribution in [2.45, 2.75) is 0 Å². The lowest BCUT2D eigenvalue weighted by molar-refractivity contribution is 0.637. The molecule has 1 aromatic carbocycles. The number of aliphatic imine (C=N–C) groups is 1. The Morgan fingerprint density at radius 1 is 1.29 bits per heavy atom. The lowest BCUT2D eigenvalue weighted by Crippen LogP contribution is -2.17. The molecule has 0 unspecified atom stereocenters. The van der Waals surface area contributed by atoms with Gasteiger partial charge in [0, 0.05) is 19.1 Å². The highest BCUT2D eigenvalue weighted by molar-refractivity contribution is 8.13. The van der Waals surface area contributed by atoms with Crippen molar-refractivity contribution in [2.75, 3.05) is 20.4 Å². The van der Waals surface area contributed by atoms with Crippen molar-refractivity contribution >= 4 is 34.2 Å². The molecule has 0 fully saturated rings. The number of thioether (sulfide) groups is 1. The predicted molar refractivity (Wildman–Crippen MR) is 65.7 cm³/mol. The van der Waals surface area contributed by atoms with Crippen molar-refractivity contribution in [2.24, 2.45) is 4.99 Å². The Hall–Kier alpha value is -0.670. The van der Waals surface area contributed by atoms with E-state index in [1.807, 2.05) is 49.5 Å². The van der Waals surface area contributed by atoms with E-state index in [0.29, 0.717) is 0 Å². The molecule has 0 spiro atoms. The van der Waals surface area contributed by atoms with E-state index >= 15 is 0 Å². The van der Waals surface area contributed by atoms with Crippen LogP contribution in [0.1, 0.15) is 0 Å². The highest BCUT2D eigenvalue weighted by atomic mass is 35.5. The molecular weight excluding hydrogens is 216 g/mol. The first-order valence-corrected chi connectivity index (χ1v) is 5.79. The summed E-state index contributed by atoms with van der Waals surface area (Å²) in [5.74, 6) is 0. The van der Waals surface area contributed by atoms with Crippen molar-refractivity contribution in [1.29, 1.82) is 0 Å². The third kappa shape index (κ3) is 3.24. The van der Waals surface area contributed by atoms with Crippen LogP contribution in [0.15, 0.2) is 29.3 Å². The summed E-state index contributed by atoms with van der Waals surface area (Å²) in [6.07, 6.45) is 2.01. The van der Waals surface area contributed by atoms with Crippen molar-refractivity contribution < 1.29 is 0 Å². The summed E-state index contributed by atoms with van der Waals surface area (Å²) >= 11 is 7.40. The van der Waals surface area contributed by atoms with Gasteiger partial charge in [-0.25, -0.2) is 4.99 Å². The number of halogens is 1. The molecule has 76 valence electrons. The van der Waals surface area contributed by atoms with Gasteiger partial charge in [0.15, 0.2) is 5.17 Å². The lowest BCUT2D eigenvalue weighted by atomic mass is 10.3. The molecule has 4 heteroatoms. The summed E-state index contributed by atoms with van der Waals surface area (Å²) in [6.45, 7) is 0. The quantitative estimate of drug-likeness (QED) is 0.542. The van der Waals surface area contributed by atoms with Crippen LogP contribution in [0.4, 0.5) is 5.69 Å². The standard InChI is InChI=1S/C10H13ClN2S/c1-13(2)10(14-3)12-9-6-4-8(11)5-7-9/h4-7H,1-3H3. The van der Waals surface area contributed by atoms with Gasteiger partial charge in [0.25, 0.3) is 0 Å². The Morgan fingerprint density at radius 2 is 1.86 bits per heavy atom. The van der Waals surface area contributed by atoms with E-state index in [2.05, 4.69) is 4.99 Å². The van der Waals surface area contributed by atoms with E-state index in [0.717, 1.165) is 15.9 Å². The largest absolute Gasteiger partial charge is 0.357 e. The normalized spacial score (nSPS) is 11.6. The zero-order chi connectivity index (χ0) is 10.6. The molecule has 0 amide bonds. The number of hydrogen-bond donors (Lipinski definition) is 0. The minimum absolute atomic E-state index is 0.736. The van der Waals surface area contributed by atoms with Crippen molar-refractivity contribution in [3.05, 3.63) is 29.3 Å². The Balaban J connectivity index is 2.89. The Labute approximate surface area is 94.0 Å². The Bertz CT molecular complexity index is 319. The van der Waals surface area contributed by atoms with Gasteiger partial charge in [-0.05, 0) is 30.5 Å². The van der Waals surface area contributed by atoms with Crippen LogP contribution in [0.3, 0.4) is 0 Å². The maximum absolute atomic E-state index is 5.78. The Kier molecular flexibility index (Phi) is 4.29. The third-order valence-electron chi connectivity index (χ3n) is 1.62. The average Bonchev–Trinajstić information content (AvgIpc) is 2.16. The van der Waals surface area contributed by atoms with Crippen molar-refractivity contribution in [1.82, 2.24) is 4.90 Å². The zero-order valence-corrected chi connectivity index (χ0v) is 10.1. The number of benzene rings is 1. The van der Waals surface area contributed by atoms with Crippen molar-refractivity contribution in [3.8, 4) is 0 Å². The van der Waals surface area contributed by atoms with Gasteiger partial charge >= 0.3 is 0 Å².